The van der Waals surface area contributed by atoms with E-state index in [1.54, 1.807) is 0 Å². The van der Waals surface area contributed by atoms with Gasteiger partial charge in [0, 0.05) is 5.56 Å². The average Bonchev–Trinajstić information content (AvgIpc) is 2.04. The Kier molecular flexibility index (Phi) is 3.25. The number of alkyl halides is 3. The van der Waals surface area contributed by atoms with E-state index in [4.69, 9.17) is 0 Å². The van der Waals surface area contributed by atoms with E-state index in [0.29, 0.717) is 6.07 Å². The highest BCUT2D eigenvalue weighted by atomic mass is 32.2. The molecule has 0 atom stereocenters. The number of halogens is 4. The van der Waals surface area contributed by atoms with Crippen LogP contribution in [0.1, 0.15) is 11.1 Å². The summed E-state index contributed by atoms with van der Waals surface area (Å²) in [5.41, 5.74) is -2.29. The molecule has 0 radical (unpaired) electrons. The second kappa shape index (κ2) is 4.02. The smallest absolute Gasteiger partial charge is 0.228 e. The minimum atomic E-state index is -4.82. The van der Waals surface area contributed by atoms with Gasteiger partial charge in [0.15, 0.2) is 0 Å². The van der Waals surface area contributed by atoms with Crippen LogP contribution in [-0.4, -0.2) is 8.42 Å². The molecular weight excluding hydrogens is 250 g/mol. The second-order valence-corrected chi connectivity index (χ2v) is 4.69. The monoisotopic (exact) mass is 257 g/mol. The van der Waals surface area contributed by atoms with Crippen LogP contribution in [0, 0.1) is 5.82 Å². The fourth-order valence-corrected chi connectivity index (χ4v) is 1.87. The highest BCUT2D eigenvalue weighted by molar-refractivity contribution is 7.88. The Hall–Kier alpha value is -1.15. The van der Waals surface area contributed by atoms with Crippen LogP contribution in [0.25, 0.3) is 0 Å². The third-order valence-electron chi connectivity index (χ3n) is 1.77. The van der Waals surface area contributed by atoms with Crippen LogP contribution in [0.5, 0.6) is 0 Å². The second-order valence-electron chi connectivity index (χ2n) is 3.07. The normalized spacial score (nSPS) is 12.8. The summed E-state index contributed by atoms with van der Waals surface area (Å²) in [7, 11) is -4.22. The lowest BCUT2D eigenvalue weighted by Crippen LogP contribution is -2.19. The zero-order valence-corrected chi connectivity index (χ0v) is 8.57. The molecule has 0 unspecified atom stereocenters. The van der Waals surface area contributed by atoms with Gasteiger partial charge in [0.2, 0.25) is 10.0 Å². The Morgan fingerprint density at radius 1 is 1.25 bits per heavy atom. The van der Waals surface area contributed by atoms with Gasteiger partial charge in [-0.3, -0.25) is 0 Å². The maximum absolute atomic E-state index is 13.1. The summed E-state index contributed by atoms with van der Waals surface area (Å²) in [6, 6.07) is 2.20. The first-order valence-corrected chi connectivity index (χ1v) is 5.68. The maximum atomic E-state index is 13.1. The van der Waals surface area contributed by atoms with Crippen LogP contribution >= 0.6 is 0 Å². The molecule has 0 aliphatic rings. The van der Waals surface area contributed by atoms with Crippen molar-refractivity contribution in [2.45, 2.75) is 11.9 Å². The van der Waals surface area contributed by atoms with E-state index in [1.165, 1.54) is 0 Å². The van der Waals surface area contributed by atoms with Crippen LogP contribution in [0.4, 0.5) is 17.6 Å². The summed E-state index contributed by atoms with van der Waals surface area (Å²) in [6.45, 7) is 0. The van der Waals surface area contributed by atoms with Gasteiger partial charge in [-0.15, -0.1) is 0 Å². The van der Waals surface area contributed by atoms with Crippen LogP contribution in [-0.2, 0) is 22.0 Å². The first-order valence-electron chi connectivity index (χ1n) is 3.96. The fraction of sp³-hybridized carbons (Fsp3) is 0.250. The van der Waals surface area contributed by atoms with Crippen molar-refractivity contribution in [3.05, 3.63) is 35.1 Å². The number of hydrogen-bond acceptors (Lipinski definition) is 2. The SMILES string of the molecule is NS(=O)(=O)Cc1c(F)cccc1C(F)(F)F. The lowest BCUT2D eigenvalue weighted by Gasteiger charge is -2.12. The number of sulfonamides is 1. The quantitative estimate of drug-likeness (QED) is 0.818. The molecule has 16 heavy (non-hydrogen) atoms. The Bertz CT molecular complexity index is 495. The van der Waals surface area contributed by atoms with E-state index in [2.05, 4.69) is 5.14 Å². The molecule has 2 N–H and O–H groups in total. The molecule has 3 nitrogen and oxygen atoms in total. The van der Waals surface area contributed by atoms with E-state index in [9.17, 15) is 26.0 Å². The zero-order valence-electron chi connectivity index (χ0n) is 7.75. The molecule has 0 aromatic heterocycles. The Morgan fingerprint density at radius 2 is 1.81 bits per heavy atom. The average molecular weight is 257 g/mol. The van der Waals surface area contributed by atoms with Gasteiger partial charge in [-0.25, -0.2) is 17.9 Å². The molecule has 0 fully saturated rings. The fourth-order valence-electron chi connectivity index (χ4n) is 1.17. The van der Waals surface area contributed by atoms with Gasteiger partial charge < -0.3 is 0 Å². The lowest BCUT2D eigenvalue weighted by molar-refractivity contribution is -0.138. The minimum Gasteiger partial charge on any atom is -0.228 e. The number of hydrogen-bond donors (Lipinski definition) is 1. The van der Waals surface area contributed by atoms with Crippen molar-refractivity contribution in [1.82, 2.24) is 0 Å². The summed E-state index contributed by atoms with van der Waals surface area (Å²) < 4.78 is 71.6. The summed E-state index contributed by atoms with van der Waals surface area (Å²) in [5.74, 6) is -2.43. The van der Waals surface area contributed by atoms with Crippen molar-refractivity contribution in [3.8, 4) is 0 Å². The van der Waals surface area contributed by atoms with Crippen LogP contribution in [0.2, 0.25) is 0 Å². The molecule has 0 spiro atoms. The van der Waals surface area contributed by atoms with E-state index < -0.39 is 38.9 Å². The van der Waals surface area contributed by atoms with Gasteiger partial charge in [0.05, 0.1) is 11.3 Å². The highest BCUT2D eigenvalue weighted by Crippen LogP contribution is 2.33. The summed E-state index contributed by atoms with van der Waals surface area (Å²) in [5, 5.41) is 4.59. The molecule has 8 heteroatoms. The van der Waals surface area contributed by atoms with Gasteiger partial charge in [-0.1, -0.05) is 6.07 Å². The molecule has 0 aliphatic heterocycles. The number of benzene rings is 1. The van der Waals surface area contributed by atoms with Crippen molar-refractivity contribution in [3.63, 3.8) is 0 Å². The third kappa shape index (κ3) is 3.17. The van der Waals surface area contributed by atoms with Crippen LogP contribution in [0.3, 0.4) is 0 Å². The van der Waals surface area contributed by atoms with Gasteiger partial charge in [-0.2, -0.15) is 13.2 Å². The third-order valence-corrected chi connectivity index (χ3v) is 2.46. The van der Waals surface area contributed by atoms with E-state index in [-0.39, 0.29) is 0 Å². The van der Waals surface area contributed by atoms with Gasteiger partial charge >= 0.3 is 6.18 Å². The predicted molar refractivity (Wildman–Crippen MR) is 48.2 cm³/mol. The Balaban J connectivity index is 3.36. The molecule has 1 rings (SSSR count). The molecule has 0 aliphatic carbocycles. The lowest BCUT2D eigenvalue weighted by atomic mass is 10.1. The highest BCUT2D eigenvalue weighted by Gasteiger charge is 2.35. The topological polar surface area (TPSA) is 60.2 Å². The molecule has 0 saturated carbocycles. The largest absolute Gasteiger partial charge is 0.416 e. The predicted octanol–water partition coefficient (Wildman–Crippen LogP) is 1.63. The van der Waals surface area contributed by atoms with Gasteiger partial charge in [-0.05, 0) is 12.1 Å². The molecule has 0 amide bonds. The van der Waals surface area contributed by atoms with Crippen LogP contribution in [0.15, 0.2) is 18.2 Å². The first-order chi connectivity index (χ1) is 7.11. The molecular formula is C8H7F4NO2S. The minimum absolute atomic E-state index is 0.601. The molecule has 1 aromatic carbocycles. The zero-order chi connectivity index (χ0) is 12.6. The van der Waals surface area contributed by atoms with Crippen molar-refractivity contribution in [2.24, 2.45) is 5.14 Å². The standard InChI is InChI=1S/C8H7F4NO2S/c9-7-3-1-2-6(8(10,11)12)5(7)4-16(13,14)15/h1-3H,4H2,(H2,13,14,15). The Labute approximate surface area is 88.9 Å². The summed E-state index contributed by atoms with van der Waals surface area (Å²) in [4.78, 5) is 0. The van der Waals surface area contributed by atoms with Crippen LogP contribution < -0.4 is 5.14 Å². The molecule has 0 heterocycles. The summed E-state index contributed by atoms with van der Waals surface area (Å²) >= 11 is 0. The molecule has 0 saturated heterocycles. The molecule has 90 valence electrons. The maximum Gasteiger partial charge on any atom is 0.416 e. The number of rotatable bonds is 2. The van der Waals surface area contributed by atoms with Crippen molar-refractivity contribution >= 4 is 10.0 Å². The van der Waals surface area contributed by atoms with E-state index in [0.717, 1.165) is 12.1 Å². The summed E-state index contributed by atoms with van der Waals surface area (Å²) in [6.07, 6.45) is -4.82. The molecule has 1 aromatic rings. The first kappa shape index (κ1) is 12.9. The van der Waals surface area contributed by atoms with E-state index in [1.807, 2.05) is 0 Å². The van der Waals surface area contributed by atoms with Crippen molar-refractivity contribution in [2.75, 3.05) is 0 Å². The molecule has 0 bridgehead atoms. The van der Waals surface area contributed by atoms with E-state index >= 15 is 0 Å². The Morgan fingerprint density at radius 3 is 2.25 bits per heavy atom. The number of nitrogens with two attached hydrogens (primary N) is 1. The van der Waals surface area contributed by atoms with Gasteiger partial charge in [0.25, 0.3) is 0 Å². The van der Waals surface area contributed by atoms with Crippen molar-refractivity contribution < 1.29 is 26.0 Å². The number of primary sulfonamides is 1. The van der Waals surface area contributed by atoms with Crippen molar-refractivity contribution in [1.29, 1.82) is 0 Å². The van der Waals surface area contributed by atoms with Gasteiger partial charge in [0.1, 0.15) is 5.82 Å².